The Bertz CT molecular complexity index is 248. The highest BCUT2D eigenvalue weighted by atomic mass is 19.1. The second-order valence-corrected chi connectivity index (χ2v) is 6.10. The third kappa shape index (κ3) is 3.29. The maximum Gasteiger partial charge on any atom is 0.304 e. The van der Waals surface area contributed by atoms with Crippen molar-refractivity contribution in [1.29, 1.82) is 0 Å². The van der Waals surface area contributed by atoms with Gasteiger partial charge in [0.1, 0.15) is 0 Å². The van der Waals surface area contributed by atoms with Crippen LogP contribution in [0.4, 0.5) is 4.39 Å². The van der Waals surface area contributed by atoms with Crippen LogP contribution in [0.25, 0.3) is 0 Å². The van der Waals surface area contributed by atoms with Crippen molar-refractivity contribution in [2.75, 3.05) is 0 Å². The van der Waals surface area contributed by atoms with Gasteiger partial charge in [0.05, 0.1) is 0 Å². The third-order valence-corrected chi connectivity index (χ3v) is 5.23. The van der Waals surface area contributed by atoms with E-state index in [0.29, 0.717) is 0 Å². The molecule has 0 amide bonds. The molecular weight excluding hydrogens is 215 g/mol. The average molecular weight is 240 g/mol. The Kier molecular flexibility index (Phi) is 4.58. The molecule has 2 aliphatic rings. The predicted molar refractivity (Wildman–Crippen MR) is 67.3 cm³/mol. The van der Waals surface area contributed by atoms with Crippen molar-refractivity contribution >= 4 is 6.04 Å². The Morgan fingerprint density at radius 2 is 1.41 bits per heavy atom. The van der Waals surface area contributed by atoms with E-state index in [4.69, 9.17) is 0 Å². The summed E-state index contributed by atoms with van der Waals surface area (Å²) in [5.41, 5.74) is 0. The van der Waals surface area contributed by atoms with Crippen LogP contribution in [-0.2, 0) is 4.79 Å². The first kappa shape index (κ1) is 13.0. The fourth-order valence-electron chi connectivity index (χ4n) is 3.89. The van der Waals surface area contributed by atoms with E-state index in [-0.39, 0.29) is 5.92 Å². The Labute approximate surface area is 104 Å². The summed E-state index contributed by atoms with van der Waals surface area (Å²) in [7, 11) is 0. The quantitative estimate of drug-likeness (QED) is 0.663. The van der Waals surface area contributed by atoms with Crippen LogP contribution in [0.3, 0.4) is 0 Å². The Hall–Kier alpha value is -0.400. The van der Waals surface area contributed by atoms with Crippen molar-refractivity contribution in [2.24, 2.45) is 23.7 Å². The van der Waals surface area contributed by atoms with Crippen LogP contribution in [0.2, 0.25) is 0 Å². The second kappa shape index (κ2) is 5.97. The van der Waals surface area contributed by atoms with Gasteiger partial charge in [-0.1, -0.05) is 26.2 Å². The second-order valence-electron chi connectivity index (χ2n) is 6.10. The van der Waals surface area contributed by atoms with Gasteiger partial charge in [-0.05, 0) is 56.3 Å². The van der Waals surface area contributed by atoms with Crippen molar-refractivity contribution in [2.45, 2.75) is 64.7 Å². The van der Waals surface area contributed by atoms with E-state index >= 15 is 0 Å². The minimum absolute atomic E-state index is 0.266. The summed E-state index contributed by atoms with van der Waals surface area (Å²) in [4.78, 5) is 10.7. The van der Waals surface area contributed by atoms with Gasteiger partial charge in [0.15, 0.2) is 0 Å². The normalized spacial score (nSPS) is 38.9. The molecule has 2 saturated carbocycles. The van der Waals surface area contributed by atoms with Crippen LogP contribution in [0.15, 0.2) is 0 Å². The number of hydrogen-bond donors (Lipinski definition) is 0. The van der Waals surface area contributed by atoms with Crippen LogP contribution in [0.1, 0.15) is 64.7 Å². The first-order valence-electron chi connectivity index (χ1n) is 7.40. The molecule has 0 aliphatic heterocycles. The predicted octanol–water partition coefficient (Wildman–Crippen LogP) is 4.51. The lowest BCUT2D eigenvalue weighted by molar-refractivity contribution is -0.135. The zero-order valence-electron chi connectivity index (χ0n) is 11.0. The van der Waals surface area contributed by atoms with E-state index in [1.54, 1.807) is 0 Å². The Balaban J connectivity index is 1.76. The molecule has 17 heavy (non-hydrogen) atoms. The molecule has 1 nitrogen and oxygen atoms in total. The molecule has 0 spiro atoms. The Morgan fingerprint density at radius 3 is 1.82 bits per heavy atom. The van der Waals surface area contributed by atoms with E-state index in [1.807, 2.05) is 0 Å². The van der Waals surface area contributed by atoms with Crippen LogP contribution in [-0.4, -0.2) is 6.04 Å². The molecule has 0 bridgehead atoms. The van der Waals surface area contributed by atoms with Gasteiger partial charge in [-0.25, -0.2) is 0 Å². The molecule has 0 heterocycles. The summed E-state index contributed by atoms with van der Waals surface area (Å²) in [6.07, 6.45) is 10.6. The summed E-state index contributed by atoms with van der Waals surface area (Å²) < 4.78 is 12.6. The third-order valence-electron chi connectivity index (χ3n) is 5.23. The van der Waals surface area contributed by atoms with Crippen LogP contribution in [0, 0.1) is 23.7 Å². The van der Waals surface area contributed by atoms with E-state index < -0.39 is 6.04 Å². The van der Waals surface area contributed by atoms with Gasteiger partial charge in [0, 0.05) is 5.92 Å². The molecule has 2 fully saturated rings. The number of hydrogen-bond acceptors (Lipinski definition) is 1. The van der Waals surface area contributed by atoms with Crippen molar-refractivity contribution in [3.05, 3.63) is 0 Å². The highest BCUT2D eigenvalue weighted by molar-refractivity contribution is 5.70. The molecule has 98 valence electrons. The molecule has 2 aliphatic carbocycles. The van der Waals surface area contributed by atoms with E-state index in [2.05, 4.69) is 6.92 Å². The summed E-state index contributed by atoms with van der Waals surface area (Å²) in [6.45, 7) is 2.29. The largest absolute Gasteiger partial charge is 0.304 e. The summed E-state index contributed by atoms with van der Waals surface area (Å²) in [5, 5.41) is 0. The molecule has 0 aromatic heterocycles. The maximum absolute atomic E-state index is 12.6. The highest BCUT2D eigenvalue weighted by Crippen LogP contribution is 2.42. The number of halogens is 1. The van der Waals surface area contributed by atoms with Gasteiger partial charge in [0.25, 0.3) is 0 Å². The topological polar surface area (TPSA) is 17.1 Å². The standard InChI is InChI=1S/C15H25FO/c1-2-11-3-5-12(6-4-11)13-7-9-14(10-8-13)15(16)17/h11-14H,2-10H2,1H3. The smallest absolute Gasteiger partial charge is 0.261 e. The minimum Gasteiger partial charge on any atom is -0.261 e. The maximum atomic E-state index is 12.6. The Morgan fingerprint density at radius 1 is 0.941 bits per heavy atom. The van der Waals surface area contributed by atoms with Crippen molar-refractivity contribution < 1.29 is 9.18 Å². The lowest BCUT2D eigenvalue weighted by atomic mass is 9.69. The SMILES string of the molecule is CCC1CCC(C2CCC(C(=O)F)CC2)CC1. The minimum atomic E-state index is -1.07. The van der Waals surface area contributed by atoms with Gasteiger partial charge in [-0.15, -0.1) is 0 Å². The zero-order chi connectivity index (χ0) is 12.3. The molecule has 0 N–H and O–H groups in total. The summed E-state index contributed by atoms with van der Waals surface area (Å²) >= 11 is 0. The molecule has 2 heteroatoms. The lowest BCUT2D eigenvalue weighted by Crippen LogP contribution is -2.27. The summed E-state index contributed by atoms with van der Waals surface area (Å²) in [6, 6.07) is -1.07. The van der Waals surface area contributed by atoms with Gasteiger partial charge < -0.3 is 0 Å². The number of carbonyl (C=O) groups excluding carboxylic acids is 1. The number of carbonyl (C=O) groups is 1. The fourth-order valence-corrected chi connectivity index (χ4v) is 3.89. The summed E-state index contributed by atoms with van der Waals surface area (Å²) in [5.74, 6) is 2.34. The van der Waals surface area contributed by atoms with Gasteiger partial charge >= 0.3 is 6.04 Å². The zero-order valence-corrected chi connectivity index (χ0v) is 11.0. The molecule has 2 rings (SSSR count). The lowest BCUT2D eigenvalue weighted by Gasteiger charge is -2.36. The van der Waals surface area contributed by atoms with E-state index in [1.165, 1.54) is 32.1 Å². The monoisotopic (exact) mass is 240 g/mol. The molecule has 0 saturated heterocycles. The van der Waals surface area contributed by atoms with Crippen LogP contribution < -0.4 is 0 Å². The molecular formula is C15H25FO. The molecule has 0 atom stereocenters. The molecule has 0 unspecified atom stereocenters. The van der Waals surface area contributed by atoms with Crippen LogP contribution >= 0.6 is 0 Å². The first-order chi connectivity index (χ1) is 8.20. The van der Waals surface area contributed by atoms with Gasteiger partial charge in [0.2, 0.25) is 0 Å². The van der Waals surface area contributed by atoms with Crippen molar-refractivity contribution in [1.82, 2.24) is 0 Å². The van der Waals surface area contributed by atoms with E-state index in [0.717, 1.165) is 43.4 Å². The number of rotatable bonds is 3. The fraction of sp³-hybridized carbons (Fsp3) is 0.933. The van der Waals surface area contributed by atoms with Gasteiger partial charge in [-0.3, -0.25) is 4.79 Å². The molecule has 0 aromatic rings. The van der Waals surface area contributed by atoms with Gasteiger partial charge in [-0.2, -0.15) is 4.39 Å². The first-order valence-corrected chi connectivity index (χ1v) is 7.40. The van der Waals surface area contributed by atoms with Crippen molar-refractivity contribution in [3.63, 3.8) is 0 Å². The molecule has 0 aromatic carbocycles. The van der Waals surface area contributed by atoms with Crippen LogP contribution in [0.5, 0.6) is 0 Å². The highest BCUT2D eigenvalue weighted by Gasteiger charge is 2.32. The average Bonchev–Trinajstić information content (AvgIpc) is 2.39. The van der Waals surface area contributed by atoms with E-state index in [9.17, 15) is 9.18 Å². The molecule has 0 radical (unpaired) electrons. The van der Waals surface area contributed by atoms with Crippen molar-refractivity contribution in [3.8, 4) is 0 Å².